The third-order valence-electron chi connectivity index (χ3n) is 7.28. The smallest absolute Gasteiger partial charge is 0.270 e. The van der Waals surface area contributed by atoms with Crippen LogP contribution in [0, 0.1) is 16.0 Å². The molecule has 0 bridgehead atoms. The second kappa shape index (κ2) is 11.1. The molecule has 0 spiro atoms. The zero-order valence-corrected chi connectivity index (χ0v) is 22.0. The average molecular weight is 526 g/mol. The second-order valence-electron chi connectivity index (χ2n) is 10.2. The molecule has 2 N–H and O–H groups in total. The summed E-state index contributed by atoms with van der Waals surface area (Å²) in [5, 5.41) is 17.7. The molecule has 3 aromatic carbocycles. The van der Waals surface area contributed by atoms with E-state index in [0.717, 1.165) is 49.3 Å². The minimum atomic E-state index is -0.461. The summed E-state index contributed by atoms with van der Waals surface area (Å²) in [5.74, 6) is -0.00200. The van der Waals surface area contributed by atoms with Gasteiger partial charge in [0.2, 0.25) is 5.91 Å². The molecule has 0 atom stereocenters. The van der Waals surface area contributed by atoms with Crippen LogP contribution in [-0.4, -0.2) is 53.7 Å². The van der Waals surface area contributed by atoms with Gasteiger partial charge in [0.1, 0.15) is 0 Å². The Morgan fingerprint density at radius 2 is 1.74 bits per heavy atom. The molecule has 39 heavy (non-hydrogen) atoms. The van der Waals surface area contributed by atoms with Gasteiger partial charge in [0.25, 0.3) is 11.6 Å². The van der Waals surface area contributed by atoms with Crippen LogP contribution in [0.25, 0.3) is 11.3 Å². The van der Waals surface area contributed by atoms with Crippen LogP contribution in [0.5, 0.6) is 0 Å². The molecule has 0 radical (unpaired) electrons. The van der Waals surface area contributed by atoms with Crippen LogP contribution in [0.1, 0.15) is 29.5 Å². The van der Waals surface area contributed by atoms with Gasteiger partial charge in [-0.1, -0.05) is 42.5 Å². The zero-order valence-electron chi connectivity index (χ0n) is 22.0. The number of likely N-dealkylation sites (tertiary alicyclic amines) is 1. The lowest BCUT2D eigenvalue weighted by Crippen LogP contribution is -2.39. The van der Waals surface area contributed by atoms with Crippen molar-refractivity contribution >= 4 is 40.1 Å². The lowest BCUT2D eigenvalue weighted by molar-refractivity contribution is -0.384. The topological polar surface area (TPSA) is 108 Å². The summed E-state index contributed by atoms with van der Waals surface area (Å²) in [4.78, 5) is 40.4. The van der Waals surface area contributed by atoms with E-state index in [-0.39, 0.29) is 23.4 Å². The number of non-ortho nitro benzene ring substituents is 1. The first-order valence-electron chi connectivity index (χ1n) is 13.0. The van der Waals surface area contributed by atoms with Crippen LogP contribution in [0.15, 0.2) is 72.8 Å². The highest BCUT2D eigenvalue weighted by molar-refractivity contribution is 6.37. The second-order valence-corrected chi connectivity index (χ2v) is 10.2. The number of piperidine rings is 1. The van der Waals surface area contributed by atoms with E-state index < -0.39 is 4.92 Å². The van der Waals surface area contributed by atoms with Gasteiger partial charge in [-0.05, 0) is 55.3 Å². The van der Waals surface area contributed by atoms with Gasteiger partial charge in [-0.25, -0.2) is 0 Å². The largest absolute Gasteiger partial charge is 0.354 e. The number of nitrogens with zero attached hydrogens (tertiary/aromatic N) is 3. The van der Waals surface area contributed by atoms with Crippen LogP contribution in [-0.2, 0) is 16.1 Å². The highest BCUT2D eigenvalue weighted by Gasteiger charge is 2.30. The van der Waals surface area contributed by atoms with E-state index >= 15 is 0 Å². The van der Waals surface area contributed by atoms with Crippen LogP contribution >= 0.6 is 0 Å². The molecule has 2 heterocycles. The number of benzene rings is 3. The first kappa shape index (κ1) is 26.1. The molecule has 0 aromatic heterocycles. The summed E-state index contributed by atoms with van der Waals surface area (Å²) in [5.41, 5.74) is 4.65. The fraction of sp³-hybridized carbons (Fsp3) is 0.267. The maximum absolute atomic E-state index is 13.1. The van der Waals surface area contributed by atoms with Crippen LogP contribution in [0.4, 0.5) is 17.1 Å². The quantitative estimate of drug-likeness (QED) is 0.260. The molecular formula is C30H31N5O4. The number of carbonyl (C=O) groups excluding carboxylic acids is 2. The molecule has 3 aromatic rings. The van der Waals surface area contributed by atoms with Gasteiger partial charge in [-0.2, -0.15) is 0 Å². The van der Waals surface area contributed by atoms with Gasteiger partial charge in [0.05, 0.1) is 16.2 Å². The summed E-state index contributed by atoms with van der Waals surface area (Å²) in [6.45, 7) is 2.57. The molecule has 5 rings (SSSR count). The summed E-state index contributed by atoms with van der Waals surface area (Å²) in [7, 11) is 3.62. The summed E-state index contributed by atoms with van der Waals surface area (Å²) in [6.07, 6.45) is 1.73. The van der Waals surface area contributed by atoms with Crippen molar-refractivity contribution in [1.29, 1.82) is 0 Å². The Kier molecular flexibility index (Phi) is 7.42. The first-order valence-corrected chi connectivity index (χ1v) is 13.0. The Bertz CT molecular complexity index is 1430. The van der Waals surface area contributed by atoms with Crippen molar-refractivity contribution in [3.63, 3.8) is 0 Å². The number of anilines is 2. The minimum absolute atomic E-state index is 0.0744. The molecule has 9 nitrogen and oxygen atoms in total. The van der Waals surface area contributed by atoms with Crippen LogP contribution in [0.3, 0.4) is 0 Å². The van der Waals surface area contributed by atoms with Gasteiger partial charge < -0.3 is 15.5 Å². The summed E-state index contributed by atoms with van der Waals surface area (Å²) < 4.78 is 0. The van der Waals surface area contributed by atoms with E-state index in [4.69, 9.17) is 0 Å². The number of carbonyl (C=O) groups is 2. The molecule has 1 saturated heterocycles. The van der Waals surface area contributed by atoms with Crippen molar-refractivity contribution < 1.29 is 14.5 Å². The first-order chi connectivity index (χ1) is 18.8. The lowest BCUT2D eigenvalue weighted by Gasteiger charge is -2.32. The Morgan fingerprint density at radius 3 is 2.38 bits per heavy atom. The van der Waals surface area contributed by atoms with E-state index in [1.807, 2.05) is 56.6 Å². The number of nitrogens with one attached hydrogen (secondary N) is 2. The Morgan fingerprint density at radius 1 is 1.05 bits per heavy atom. The number of fused-ring (bicyclic) bond motifs is 1. The molecule has 2 aliphatic heterocycles. The number of nitro benzene ring substituents is 1. The molecule has 2 aliphatic rings. The third kappa shape index (κ3) is 5.68. The Balaban J connectivity index is 1.37. The van der Waals surface area contributed by atoms with Gasteiger partial charge in [0, 0.05) is 55.6 Å². The molecule has 0 unspecified atom stereocenters. The van der Waals surface area contributed by atoms with Gasteiger partial charge >= 0.3 is 0 Å². The fourth-order valence-corrected chi connectivity index (χ4v) is 5.20. The van der Waals surface area contributed by atoms with Gasteiger partial charge in [-0.3, -0.25) is 24.6 Å². The zero-order chi connectivity index (χ0) is 27.5. The summed E-state index contributed by atoms with van der Waals surface area (Å²) in [6, 6.07) is 21.9. The number of hydrogen-bond donors (Lipinski definition) is 2. The molecule has 1 fully saturated rings. The van der Waals surface area contributed by atoms with E-state index in [1.165, 1.54) is 12.1 Å². The highest BCUT2D eigenvalue weighted by atomic mass is 16.6. The van der Waals surface area contributed by atoms with E-state index in [1.54, 1.807) is 11.0 Å². The van der Waals surface area contributed by atoms with Crippen molar-refractivity contribution in [2.45, 2.75) is 19.4 Å². The maximum atomic E-state index is 13.1. The van der Waals surface area contributed by atoms with Crippen molar-refractivity contribution in [3.05, 3.63) is 99.6 Å². The predicted molar refractivity (Wildman–Crippen MR) is 152 cm³/mol. The minimum Gasteiger partial charge on any atom is -0.354 e. The molecular weight excluding hydrogens is 494 g/mol. The van der Waals surface area contributed by atoms with Crippen molar-refractivity contribution in [3.8, 4) is 0 Å². The number of hydrogen-bond acceptors (Lipinski definition) is 6. The van der Waals surface area contributed by atoms with Gasteiger partial charge in [0.15, 0.2) is 0 Å². The van der Waals surface area contributed by atoms with E-state index in [9.17, 15) is 19.7 Å². The standard InChI is InChI=1S/C30H31N5O4/c1-33(2)30(37)22-14-16-34(17-15-22)19-20-8-10-23(11-9-20)31-28(21-6-4-3-5-7-21)27-25-18-24(35(38)39)12-13-26(25)32-29(27)36/h3-13,18,22,31H,14-17,19H2,1-2H3,(H,32,36). The van der Waals surface area contributed by atoms with Crippen LogP contribution in [0.2, 0.25) is 0 Å². The molecule has 9 heteroatoms. The third-order valence-corrected chi connectivity index (χ3v) is 7.28. The Labute approximate surface area is 227 Å². The SMILES string of the molecule is CN(C)C(=O)C1CCN(Cc2ccc(NC(=C3C(=O)Nc4ccc([N+](=O)[O-])cc43)c3ccccc3)cc2)CC1. The monoisotopic (exact) mass is 525 g/mol. The number of nitro groups is 1. The molecule has 200 valence electrons. The van der Waals surface area contributed by atoms with Gasteiger partial charge in [-0.15, -0.1) is 0 Å². The highest BCUT2D eigenvalue weighted by Crippen LogP contribution is 2.39. The van der Waals surface area contributed by atoms with Crippen molar-refractivity contribution in [2.24, 2.45) is 5.92 Å². The Hall–Kier alpha value is -4.50. The number of amides is 2. The molecule has 0 aliphatic carbocycles. The lowest BCUT2D eigenvalue weighted by atomic mass is 9.95. The van der Waals surface area contributed by atoms with Crippen molar-refractivity contribution in [1.82, 2.24) is 9.80 Å². The van der Waals surface area contributed by atoms with Crippen LogP contribution < -0.4 is 10.6 Å². The fourth-order valence-electron chi connectivity index (χ4n) is 5.20. The summed E-state index contributed by atoms with van der Waals surface area (Å²) >= 11 is 0. The average Bonchev–Trinajstić information content (AvgIpc) is 3.27. The normalized spacial score (nSPS) is 16.8. The van der Waals surface area contributed by atoms with Crippen molar-refractivity contribution in [2.75, 3.05) is 37.8 Å². The maximum Gasteiger partial charge on any atom is 0.270 e. The molecule has 0 saturated carbocycles. The number of rotatable bonds is 7. The predicted octanol–water partition coefficient (Wildman–Crippen LogP) is 4.83. The van der Waals surface area contributed by atoms with E-state index in [0.29, 0.717) is 22.5 Å². The van der Waals surface area contributed by atoms with E-state index in [2.05, 4.69) is 27.7 Å². The molecule has 2 amide bonds.